The van der Waals surface area contributed by atoms with Crippen molar-refractivity contribution in [3.8, 4) is 12.1 Å². The van der Waals surface area contributed by atoms with E-state index in [2.05, 4.69) is 46.2 Å². The van der Waals surface area contributed by atoms with Gasteiger partial charge in [0.2, 0.25) is 0 Å². The second-order valence-electron chi connectivity index (χ2n) is 10.6. The monoisotopic (exact) mass is 550 g/mol. The summed E-state index contributed by atoms with van der Waals surface area (Å²) in [7, 11) is 0. The number of nitriles is 2. The van der Waals surface area contributed by atoms with Gasteiger partial charge in [-0.05, 0) is 22.8 Å². The summed E-state index contributed by atoms with van der Waals surface area (Å²) < 4.78 is 0. The minimum absolute atomic E-state index is 0.402. The van der Waals surface area contributed by atoms with Gasteiger partial charge in [0.15, 0.2) is 0 Å². The van der Waals surface area contributed by atoms with Gasteiger partial charge < -0.3 is 4.90 Å². The van der Waals surface area contributed by atoms with Gasteiger partial charge in [0.25, 0.3) is 0 Å². The summed E-state index contributed by atoms with van der Waals surface area (Å²) in [4.78, 5) is 11.9. The van der Waals surface area contributed by atoms with Gasteiger partial charge in [0, 0.05) is 37.1 Å². The van der Waals surface area contributed by atoms with E-state index in [0.29, 0.717) is 55.4 Å². The first-order chi connectivity index (χ1) is 19.0. The highest BCUT2D eigenvalue weighted by Gasteiger charge is 2.68. The highest BCUT2D eigenvalue weighted by atomic mass is 35.5. The topological polar surface area (TPSA) is 69.7 Å². The number of rotatable bonds is 5. The van der Waals surface area contributed by atoms with Crippen molar-refractivity contribution in [2.24, 2.45) is 15.8 Å². The molecule has 0 aromatic heterocycles. The van der Waals surface area contributed by atoms with Crippen LogP contribution in [-0.4, -0.2) is 52.0 Å². The SMILES string of the molecule is N#CC12CN(Cc3ccccc3)CC(C#N)(C3=NCN(Cc4ccccc4)CN3C1=S)C2c1ccccc1Cl. The number of amidine groups is 1. The standard InChI is InChI=1S/C31H27ClN6S/c32-26-14-8-7-13-25(26)27-30(17-33)19-36(15-23-9-3-1-4-10-23)20-31(27,18-34)29(39)38-22-37(21-35-28(30)38)16-24-11-5-2-6-12-24/h1-14,27H,15-16,19-22H2. The minimum atomic E-state index is -1.14. The van der Waals surface area contributed by atoms with Crippen molar-refractivity contribution < 1.29 is 0 Å². The molecular weight excluding hydrogens is 524 g/mol. The number of piperidine rings is 2. The zero-order valence-corrected chi connectivity index (χ0v) is 22.9. The van der Waals surface area contributed by atoms with E-state index in [0.717, 1.165) is 11.1 Å². The van der Waals surface area contributed by atoms with Crippen LogP contribution in [0.25, 0.3) is 0 Å². The van der Waals surface area contributed by atoms with Crippen LogP contribution < -0.4 is 0 Å². The molecule has 0 radical (unpaired) electrons. The number of aliphatic imine (C=N–C) groups is 1. The van der Waals surface area contributed by atoms with E-state index in [9.17, 15) is 10.5 Å². The number of likely N-dealkylation sites (tertiary alicyclic amines) is 1. The summed E-state index contributed by atoms with van der Waals surface area (Å²) in [5, 5.41) is 22.6. The van der Waals surface area contributed by atoms with Crippen molar-refractivity contribution in [3.63, 3.8) is 0 Å². The maximum absolute atomic E-state index is 11.0. The number of hydrogen-bond donors (Lipinski definition) is 0. The lowest BCUT2D eigenvalue weighted by Crippen LogP contribution is -2.73. The van der Waals surface area contributed by atoms with Gasteiger partial charge in [0.05, 0.1) is 25.5 Å². The Morgan fingerprint density at radius 1 is 0.821 bits per heavy atom. The largest absolute Gasteiger partial charge is 0.308 e. The Bertz CT molecular complexity index is 1510. The van der Waals surface area contributed by atoms with Gasteiger partial charge in [-0.25, -0.2) is 0 Å². The van der Waals surface area contributed by atoms with Crippen molar-refractivity contribution in [2.45, 2.75) is 19.0 Å². The van der Waals surface area contributed by atoms with Crippen molar-refractivity contribution >= 4 is 34.6 Å². The number of hydrogen-bond acceptors (Lipinski definition) is 6. The summed E-state index contributed by atoms with van der Waals surface area (Å²) in [6.07, 6.45) is 0. The van der Waals surface area contributed by atoms with Gasteiger partial charge >= 0.3 is 0 Å². The smallest absolute Gasteiger partial charge is 0.136 e. The highest BCUT2D eigenvalue weighted by molar-refractivity contribution is 7.80. The van der Waals surface area contributed by atoms with Gasteiger partial charge in [-0.1, -0.05) is 103 Å². The molecule has 3 atom stereocenters. The van der Waals surface area contributed by atoms with Crippen molar-refractivity contribution in [3.05, 3.63) is 107 Å². The molecular formula is C31H27ClN6S. The van der Waals surface area contributed by atoms with Crippen molar-refractivity contribution in [1.29, 1.82) is 10.5 Å². The molecule has 8 heteroatoms. The molecule has 6 rings (SSSR count). The number of benzene rings is 3. The lowest BCUT2D eigenvalue weighted by Gasteiger charge is -2.60. The van der Waals surface area contributed by atoms with E-state index in [1.165, 1.54) is 5.56 Å². The Morgan fingerprint density at radius 2 is 1.38 bits per heavy atom. The molecule has 2 bridgehead atoms. The molecule has 0 aliphatic carbocycles. The molecule has 194 valence electrons. The summed E-state index contributed by atoms with van der Waals surface area (Å²) in [6, 6.07) is 33.2. The Balaban J connectivity index is 1.47. The predicted molar refractivity (Wildman–Crippen MR) is 156 cm³/mol. The quantitative estimate of drug-likeness (QED) is 0.394. The summed E-state index contributed by atoms with van der Waals surface area (Å²) in [5.74, 6) is 0.108. The van der Waals surface area contributed by atoms with E-state index >= 15 is 0 Å². The van der Waals surface area contributed by atoms with Gasteiger partial charge in [-0.3, -0.25) is 14.8 Å². The molecule has 0 N–H and O–H groups in total. The summed E-state index contributed by atoms with van der Waals surface area (Å²) in [6.45, 7) is 3.06. The first-order valence-corrected chi connectivity index (χ1v) is 13.8. The van der Waals surface area contributed by atoms with E-state index in [1.807, 2.05) is 65.6 Å². The van der Waals surface area contributed by atoms with E-state index in [4.69, 9.17) is 28.8 Å². The Hall–Kier alpha value is -3.59. The number of fused-ring (bicyclic) bond motifs is 4. The molecule has 0 saturated carbocycles. The molecule has 2 saturated heterocycles. The molecule has 3 heterocycles. The summed E-state index contributed by atoms with van der Waals surface area (Å²) in [5.41, 5.74) is 0.827. The van der Waals surface area contributed by atoms with Gasteiger partial charge in [-0.2, -0.15) is 10.5 Å². The van der Waals surface area contributed by atoms with Crippen LogP contribution in [0.4, 0.5) is 0 Å². The number of halogens is 1. The van der Waals surface area contributed by atoms with Crippen LogP contribution >= 0.6 is 23.8 Å². The molecule has 0 spiro atoms. The maximum atomic E-state index is 11.0. The zero-order chi connectivity index (χ0) is 27.0. The van der Waals surface area contributed by atoms with Crippen molar-refractivity contribution in [2.75, 3.05) is 26.4 Å². The zero-order valence-electron chi connectivity index (χ0n) is 21.4. The molecule has 39 heavy (non-hydrogen) atoms. The van der Waals surface area contributed by atoms with Gasteiger partial charge in [0.1, 0.15) is 21.7 Å². The Kier molecular flexibility index (Phi) is 6.71. The minimum Gasteiger partial charge on any atom is -0.308 e. The van der Waals surface area contributed by atoms with E-state index in [1.54, 1.807) is 0 Å². The second-order valence-corrected chi connectivity index (χ2v) is 11.4. The molecule has 6 nitrogen and oxygen atoms in total. The molecule has 3 aliphatic rings. The van der Waals surface area contributed by atoms with Crippen LogP contribution in [0.2, 0.25) is 5.02 Å². The predicted octanol–water partition coefficient (Wildman–Crippen LogP) is 5.43. The maximum Gasteiger partial charge on any atom is 0.136 e. The molecule has 3 aromatic rings. The van der Waals surface area contributed by atoms with Crippen LogP contribution in [-0.2, 0) is 13.1 Å². The molecule has 2 fully saturated rings. The first-order valence-electron chi connectivity index (χ1n) is 13.0. The third-order valence-corrected chi connectivity index (χ3v) is 9.02. The normalized spacial score (nSPS) is 26.7. The van der Waals surface area contributed by atoms with Crippen LogP contribution in [0.15, 0.2) is 89.9 Å². The second kappa shape index (κ2) is 10.2. The molecule has 3 unspecified atom stereocenters. The fourth-order valence-corrected chi connectivity index (χ4v) is 7.15. The van der Waals surface area contributed by atoms with Crippen LogP contribution in [0, 0.1) is 33.5 Å². The average molecular weight is 551 g/mol. The fraction of sp³-hybridized carbons (Fsp3) is 0.290. The van der Waals surface area contributed by atoms with Crippen LogP contribution in [0.3, 0.4) is 0 Å². The first kappa shape index (κ1) is 25.7. The summed E-state index contributed by atoms with van der Waals surface area (Å²) >= 11 is 13.0. The lowest BCUT2D eigenvalue weighted by atomic mass is 9.53. The van der Waals surface area contributed by atoms with E-state index in [-0.39, 0.29) is 0 Å². The number of thiocarbonyl (C=S) groups is 1. The highest BCUT2D eigenvalue weighted by Crippen LogP contribution is 2.59. The van der Waals surface area contributed by atoms with Crippen molar-refractivity contribution in [1.82, 2.24) is 14.7 Å². The van der Waals surface area contributed by atoms with Gasteiger partial charge in [-0.15, -0.1) is 0 Å². The van der Waals surface area contributed by atoms with Crippen LogP contribution in [0.1, 0.15) is 22.6 Å². The number of nitrogens with zero attached hydrogens (tertiary/aromatic N) is 6. The van der Waals surface area contributed by atoms with E-state index < -0.39 is 16.7 Å². The fourth-order valence-electron chi connectivity index (χ4n) is 6.54. The molecule has 3 aromatic carbocycles. The molecule has 3 aliphatic heterocycles. The third kappa shape index (κ3) is 4.23. The van der Waals surface area contributed by atoms with Crippen LogP contribution in [0.5, 0.6) is 0 Å². The average Bonchev–Trinajstić information content (AvgIpc) is 2.97. The Labute approximate surface area is 239 Å². The Morgan fingerprint density at radius 3 is 2.00 bits per heavy atom. The third-order valence-electron chi connectivity index (χ3n) is 8.09. The molecule has 0 amide bonds. The lowest BCUT2D eigenvalue weighted by molar-refractivity contribution is 0.0525.